The van der Waals surface area contributed by atoms with Crippen molar-refractivity contribution in [2.24, 2.45) is 0 Å². The number of hydrogen-bond donors (Lipinski definition) is 0. The lowest BCUT2D eigenvalue weighted by atomic mass is 10.2. The van der Waals surface area contributed by atoms with Gasteiger partial charge in [-0.15, -0.1) is 0 Å². The van der Waals surface area contributed by atoms with Crippen LogP contribution < -0.4 is 4.74 Å². The van der Waals surface area contributed by atoms with Gasteiger partial charge in [-0.3, -0.25) is 0 Å². The molecule has 22 heavy (non-hydrogen) atoms. The van der Waals surface area contributed by atoms with Crippen LogP contribution in [-0.2, 0) is 0 Å². The maximum Gasteiger partial charge on any atom is 0.267 e. The van der Waals surface area contributed by atoms with Crippen LogP contribution in [0.4, 0.5) is 0 Å². The first kappa shape index (κ1) is 14.6. The molecule has 0 saturated carbocycles. The molecule has 0 spiro atoms. The van der Waals surface area contributed by atoms with Crippen LogP contribution in [0.25, 0.3) is 11.4 Å². The Hall–Kier alpha value is -2.33. The van der Waals surface area contributed by atoms with Crippen molar-refractivity contribution in [3.63, 3.8) is 0 Å². The summed E-state index contributed by atoms with van der Waals surface area (Å²) in [5.74, 6) is 1.73. The quantitative estimate of drug-likeness (QED) is 0.691. The van der Waals surface area contributed by atoms with Crippen LogP contribution in [0.15, 0.2) is 53.1 Å². The Bertz CT molecular complexity index is 768. The molecule has 0 unspecified atom stereocenters. The molecule has 1 aromatic heterocycles. The molecule has 0 amide bonds. The van der Waals surface area contributed by atoms with Crippen LogP contribution in [0.5, 0.6) is 5.75 Å². The number of aromatic nitrogens is 2. The first-order chi connectivity index (χ1) is 10.6. The maximum absolute atomic E-state index is 5.87. The minimum Gasteiger partial charge on any atom is -0.481 e. The van der Waals surface area contributed by atoms with Crippen LogP contribution in [0.2, 0.25) is 5.02 Å². The standard InChI is InChI=1S/C17H15ClN2O2/c1-11-4-3-5-15(10-11)21-12(2)17-19-16(20-22-17)13-6-8-14(18)9-7-13/h3-10,12H,1-2H3/t12-/m0/s1. The van der Waals surface area contributed by atoms with Gasteiger partial charge in [0.2, 0.25) is 5.82 Å². The van der Waals surface area contributed by atoms with Crippen LogP contribution >= 0.6 is 11.6 Å². The third kappa shape index (κ3) is 3.28. The van der Waals surface area contributed by atoms with Gasteiger partial charge in [0.25, 0.3) is 5.89 Å². The summed E-state index contributed by atoms with van der Waals surface area (Å²) in [7, 11) is 0. The zero-order chi connectivity index (χ0) is 15.5. The smallest absolute Gasteiger partial charge is 0.267 e. The van der Waals surface area contributed by atoms with E-state index in [2.05, 4.69) is 10.1 Å². The molecular weight excluding hydrogens is 300 g/mol. The van der Waals surface area contributed by atoms with E-state index >= 15 is 0 Å². The van der Waals surface area contributed by atoms with Gasteiger partial charge < -0.3 is 9.26 Å². The molecule has 0 radical (unpaired) electrons. The molecule has 0 N–H and O–H groups in total. The van der Waals surface area contributed by atoms with Crippen molar-refractivity contribution >= 4 is 11.6 Å². The van der Waals surface area contributed by atoms with E-state index in [0.717, 1.165) is 16.9 Å². The Labute approximate surface area is 133 Å². The van der Waals surface area contributed by atoms with Gasteiger partial charge >= 0.3 is 0 Å². The zero-order valence-corrected chi connectivity index (χ0v) is 13.0. The number of halogens is 1. The fourth-order valence-corrected chi connectivity index (χ4v) is 2.19. The van der Waals surface area contributed by atoms with Crippen molar-refractivity contribution in [3.05, 3.63) is 65.0 Å². The molecule has 3 aromatic rings. The third-order valence-electron chi connectivity index (χ3n) is 3.19. The Morgan fingerprint density at radius 2 is 1.91 bits per heavy atom. The first-order valence-electron chi connectivity index (χ1n) is 6.95. The summed E-state index contributed by atoms with van der Waals surface area (Å²) in [4.78, 5) is 4.38. The van der Waals surface area contributed by atoms with Gasteiger partial charge in [0, 0.05) is 10.6 Å². The minimum absolute atomic E-state index is 0.324. The average molecular weight is 315 g/mol. The summed E-state index contributed by atoms with van der Waals surface area (Å²) in [5.41, 5.74) is 1.99. The van der Waals surface area contributed by atoms with Crippen molar-refractivity contribution in [3.8, 4) is 17.1 Å². The van der Waals surface area contributed by atoms with Crippen LogP contribution in [0.1, 0.15) is 24.5 Å². The molecule has 0 aliphatic carbocycles. The van der Waals surface area contributed by atoms with Crippen LogP contribution in [-0.4, -0.2) is 10.1 Å². The molecule has 1 heterocycles. The number of nitrogens with zero attached hydrogens (tertiary/aromatic N) is 2. The van der Waals surface area contributed by atoms with E-state index < -0.39 is 0 Å². The second-order valence-electron chi connectivity index (χ2n) is 5.04. The number of rotatable bonds is 4. The van der Waals surface area contributed by atoms with Crippen LogP contribution in [0.3, 0.4) is 0 Å². The van der Waals surface area contributed by atoms with Gasteiger partial charge in [-0.25, -0.2) is 0 Å². The lowest BCUT2D eigenvalue weighted by molar-refractivity contribution is 0.175. The van der Waals surface area contributed by atoms with E-state index in [4.69, 9.17) is 20.9 Å². The van der Waals surface area contributed by atoms with Crippen LogP contribution in [0, 0.1) is 6.92 Å². The molecule has 2 aromatic carbocycles. The van der Waals surface area contributed by atoms with Gasteiger partial charge in [0.15, 0.2) is 6.10 Å². The average Bonchev–Trinajstić information content (AvgIpc) is 2.98. The van der Waals surface area contributed by atoms with Gasteiger partial charge in [-0.2, -0.15) is 4.98 Å². The van der Waals surface area contributed by atoms with Gasteiger partial charge in [0.05, 0.1) is 0 Å². The lowest BCUT2D eigenvalue weighted by Crippen LogP contribution is -2.03. The molecule has 0 aliphatic heterocycles. The molecule has 112 valence electrons. The highest BCUT2D eigenvalue weighted by Crippen LogP contribution is 2.24. The number of aryl methyl sites for hydroxylation is 1. The van der Waals surface area contributed by atoms with E-state index in [0.29, 0.717) is 16.7 Å². The fourth-order valence-electron chi connectivity index (χ4n) is 2.06. The summed E-state index contributed by atoms with van der Waals surface area (Å²) < 4.78 is 11.1. The van der Waals surface area contributed by atoms with Crippen molar-refractivity contribution in [1.82, 2.24) is 10.1 Å². The summed E-state index contributed by atoms with van der Waals surface area (Å²) >= 11 is 5.87. The minimum atomic E-state index is -0.324. The van der Waals surface area contributed by atoms with Crippen molar-refractivity contribution in [1.29, 1.82) is 0 Å². The second-order valence-corrected chi connectivity index (χ2v) is 5.48. The van der Waals surface area contributed by atoms with E-state index in [-0.39, 0.29) is 6.10 Å². The molecule has 0 saturated heterocycles. The molecule has 4 nitrogen and oxygen atoms in total. The highest BCUT2D eigenvalue weighted by molar-refractivity contribution is 6.30. The highest BCUT2D eigenvalue weighted by atomic mass is 35.5. The predicted octanol–water partition coefficient (Wildman–Crippen LogP) is 4.84. The van der Waals surface area contributed by atoms with Gasteiger partial charge in [-0.1, -0.05) is 28.9 Å². The number of benzene rings is 2. The largest absolute Gasteiger partial charge is 0.481 e. The molecule has 5 heteroatoms. The molecule has 0 fully saturated rings. The molecule has 0 bridgehead atoms. The number of hydrogen-bond acceptors (Lipinski definition) is 4. The van der Waals surface area contributed by atoms with Crippen molar-refractivity contribution in [2.75, 3.05) is 0 Å². The molecular formula is C17H15ClN2O2. The number of ether oxygens (including phenoxy) is 1. The molecule has 3 rings (SSSR count). The Balaban J connectivity index is 1.76. The van der Waals surface area contributed by atoms with E-state index in [1.807, 2.05) is 50.2 Å². The normalized spacial score (nSPS) is 12.1. The zero-order valence-electron chi connectivity index (χ0n) is 12.3. The monoisotopic (exact) mass is 314 g/mol. The Kier molecular flexibility index (Phi) is 4.11. The summed E-state index contributed by atoms with van der Waals surface area (Å²) in [6, 6.07) is 15.1. The topological polar surface area (TPSA) is 48.2 Å². The molecule has 1 atom stereocenters. The summed E-state index contributed by atoms with van der Waals surface area (Å²) in [6.45, 7) is 3.89. The second kappa shape index (κ2) is 6.20. The summed E-state index contributed by atoms with van der Waals surface area (Å²) in [6.07, 6.45) is -0.324. The highest BCUT2D eigenvalue weighted by Gasteiger charge is 2.16. The lowest BCUT2D eigenvalue weighted by Gasteiger charge is -2.10. The van der Waals surface area contributed by atoms with E-state index in [1.54, 1.807) is 12.1 Å². The van der Waals surface area contributed by atoms with Crippen molar-refractivity contribution in [2.45, 2.75) is 20.0 Å². The Morgan fingerprint density at radius 3 is 2.64 bits per heavy atom. The maximum atomic E-state index is 5.87. The first-order valence-corrected chi connectivity index (χ1v) is 7.32. The van der Waals surface area contributed by atoms with Crippen molar-refractivity contribution < 1.29 is 9.26 Å². The van der Waals surface area contributed by atoms with E-state index in [1.165, 1.54) is 0 Å². The molecule has 0 aliphatic rings. The Morgan fingerprint density at radius 1 is 1.14 bits per heavy atom. The fraction of sp³-hybridized carbons (Fsp3) is 0.176. The van der Waals surface area contributed by atoms with Gasteiger partial charge in [0.1, 0.15) is 5.75 Å². The SMILES string of the molecule is Cc1cccc(O[C@@H](C)c2nc(-c3ccc(Cl)cc3)no2)c1. The van der Waals surface area contributed by atoms with Gasteiger partial charge in [-0.05, 0) is 55.8 Å². The van der Waals surface area contributed by atoms with E-state index in [9.17, 15) is 0 Å². The predicted molar refractivity (Wildman–Crippen MR) is 85.0 cm³/mol. The summed E-state index contributed by atoms with van der Waals surface area (Å²) in [5, 5.41) is 4.66. The third-order valence-corrected chi connectivity index (χ3v) is 3.45.